The van der Waals surface area contributed by atoms with Gasteiger partial charge in [-0.3, -0.25) is 4.99 Å². The van der Waals surface area contributed by atoms with E-state index in [1.165, 1.54) is 57.9 Å². The minimum Gasteiger partial charge on any atom is -0.356 e. The summed E-state index contributed by atoms with van der Waals surface area (Å²) >= 11 is 0. The fourth-order valence-electron chi connectivity index (χ4n) is 2.09. The molecule has 0 heterocycles. The lowest BCUT2D eigenvalue weighted by Gasteiger charge is -2.11. The molecule has 0 radical (unpaired) electrons. The molecule has 0 saturated heterocycles. The minimum absolute atomic E-state index is 0.953. The van der Waals surface area contributed by atoms with Crippen LogP contribution in [0.5, 0.6) is 0 Å². The van der Waals surface area contributed by atoms with Crippen LogP contribution in [0.2, 0.25) is 0 Å². The van der Waals surface area contributed by atoms with E-state index in [0.29, 0.717) is 0 Å². The summed E-state index contributed by atoms with van der Waals surface area (Å²) in [7, 11) is 6.13. The van der Waals surface area contributed by atoms with E-state index in [4.69, 9.17) is 0 Å². The Hall–Kier alpha value is -0.770. The highest BCUT2D eigenvalue weighted by molar-refractivity contribution is 5.79. The highest BCUT2D eigenvalue weighted by Crippen LogP contribution is 2.02. The predicted molar refractivity (Wildman–Crippen MR) is 90.5 cm³/mol. The highest BCUT2D eigenvalue weighted by Gasteiger charge is 1.96. The van der Waals surface area contributed by atoms with Gasteiger partial charge in [0, 0.05) is 20.1 Å². The lowest BCUT2D eigenvalue weighted by molar-refractivity contribution is 0.389. The second-order valence-electron chi connectivity index (χ2n) is 5.70. The molecule has 0 aromatic rings. The Bertz CT molecular complexity index is 227. The van der Waals surface area contributed by atoms with Gasteiger partial charge in [0.2, 0.25) is 0 Å². The van der Waals surface area contributed by atoms with Gasteiger partial charge in [-0.05, 0) is 39.9 Å². The van der Waals surface area contributed by atoms with Crippen molar-refractivity contribution < 1.29 is 0 Å². The number of hydrogen-bond acceptors (Lipinski definition) is 2. The van der Waals surface area contributed by atoms with Crippen LogP contribution in [0.4, 0.5) is 0 Å². The van der Waals surface area contributed by atoms with Crippen molar-refractivity contribution in [2.75, 3.05) is 40.8 Å². The number of hydrogen-bond donors (Lipinski definition) is 2. The van der Waals surface area contributed by atoms with Gasteiger partial charge in [-0.2, -0.15) is 0 Å². The largest absolute Gasteiger partial charge is 0.356 e. The molecule has 0 aromatic heterocycles. The zero-order chi connectivity index (χ0) is 15.1. The molecule has 0 amide bonds. The second-order valence-corrected chi connectivity index (χ2v) is 5.70. The number of aliphatic imine (C=N–C) groups is 1. The Kier molecular flexibility index (Phi) is 14.1. The maximum absolute atomic E-state index is 4.24. The van der Waals surface area contributed by atoms with Crippen LogP contribution in [0, 0.1) is 0 Å². The molecule has 0 aliphatic heterocycles. The molecule has 2 N–H and O–H groups in total. The van der Waals surface area contributed by atoms with Gasteiger partial charge in [0.25, 0.3) is 0 Å². The molecule has 0 aliphatic carbocycles. The van der Waals surface area contributed by atoms with Crippen LogP contribution < -0.4 is 10.6 Å². The number of guanidine groups is 1. The van der Waals surface area contributed by atoms with Crippen molar-refractivity contribution in [1.29, 1.82) is 0 Å². The lowest BCUT2D eigenvalue weighted by Crippen LogP contribution is -2.38. The molecule has 0 spiro atoms. The first kappa shape index (κ1) is 19.2. The summed E-state index contributed by atoms with van der Waals surface area (Å²) in [6, 6.07) is 0. The normalized spacial score (nSPS) is 11.9. The Labute approximate surface area is 126 Å². The third-order valence-corrected chi connectivity index (χ3v) is 3.37. The van der Waals surface area contributed by atoms with E-state index in [1.54, 1.807) is 0 Å². The second kappa shape index (κ2) is 14.6. The summed E-state index contributed by atoms with van der Waals surface area (Å²) in [6.07, 6.45) is 10.3. The minimum atomic E-state index is 0.953. The summed E-state index contributed by atoms with van der Waals surface area (Å²) in [5.74, 6) is 0.953. The molecule has 0 unspecified atom stereocenters. The van der Waals surface area contributed by atoms with E-state index in [0.717, 1.165) is 19.0 Å². The van der Waals surface area contributed by atoms with Crippen molar-refractivity contribution >= 4 is 5.96 Å². The van der Waals surface area contributed by atoms with Crippen LogP contribution in [0.1, 0.15) is 58.3 Å². The van der Waals surface area contributed by atoms with E-state index < -0.39 is 0 Å². The first-order chi connectivity index (χ1) is 9.70. The average Bonchev–Trinajstić information content (AvgIpc) is 2.43. The van der Waals surface area contributed by atoms with Gasteiger partial charge in [-0.15, -0.1) is 0 Å². The topological polar surface area (TPSA) is 39.7 Å². The van der Waals surface area contributed by atoms with Crippen molar-refractivity contribution in [2.24, 2.45) is 4.99 Å². The first-order valence-electron chi connectivity index (χ1n) is 8.30. The van der Waals surface area contributed by atoms with Gasteiger partial charge in [-0.25, -0.2) is 0 Å². The van der Waals surface area contributed by atoms with E-state index in [-0.39, 0.29) is 0 Å². The van der Waals surface area contributed by atoms with Crippen molar-refractivity contribution in [1.82, 2.24) is 15.5 Å². The quantitative estimate of drug-likeness (QED) is 0.329. The third kappa shape index (κ3) is 13.7. The van der Waals surface area contributed by atoms with Crippen LogP contribution in [0.25, 0.3) is 0 Å². The molecule has 20 heavy (non-hydrogen) atoms. The van der Waals surface area contributed by atoms with Crippen molar-refractivity contribution in [3.8, 4) is 0 Å². The molecule has 0 fully saturated rings. The van der Waals surface area contributed by atoms with E-state index in [9.17, 15) is 0 Å². The molecule has 0 bridgehead atoms. The number of nitrogens with one attached hydrogen (secondary N) is 2. The number of nitrogens with zero attached hydrogens (tertiary/aromatic N) is 2. The molecular weight excluding hydrogens is 248 g/mol. The summed E-state index contributed by atoms with van der Waals surface area (Å²) in [5.41, 5.74) is 0. The Morgan fingerprint density at radius 1 is 0.850 bits per heavy atom. The summed E-state index contributed by atoms with van der Waals surface area (Å²) in [5, 5.41) is 6.75. The Balaban J connectivity index is 3.34. The first-order valence-corrected chi connectivity index (χ1v) is 8.30. The van der Waals surface area contributed by atoms with Gasteiger partial charge in [0.15, 0.2) is 5.96 Å². The van der Waals surface area contributed by atoms with Crippen LogP contribution in [-0.2, 0) is 0 Å². The number of rotatable bonds is 12. The van der Waals surface area contributed by atoms with Gasteiger partial charge < -0.3 is 15.5 Å². The van der Waals surface area contributed by atoms with Gasteiger partial charge in [-0.1, -0.05) is 39.0 Å². The predicted octanol–water partition coefficient (Wildman–Crippen LogP) is 2.85. The maximum Gasteiger partial charge on any atom is 0.190 e. The van der Waals surface area contributed by atoms with E-state index in [2.05, 4.69) is 41.5 Å². The van der Waals surface area contributed by atoms with Crippen LogP contribution >= 0.6 is 0 Å². The maximum atomic E-state index is 4.24. The Morgan fingerprint density at radius 2 is 1.40 bits per heavy atom. The van der Waals surface area contributed by atoms with Crippen LogP contribution in [0.3, 0.4) is 0 Å². The highest BCUT2D eigenvalue weighted by atomic mass is 15.2. The monoisotopic (exact) mass is 284 g/mol. The molecule has 0 atom stereocenters. The van der Waals surface area contributed by atoms with Crippen molar-refractivity contribution in [3.05, 3.63) is 0 Å². The van der Waals surface area contributed by atoms with Crippen LogP contribution in [-0.4, -0.2) is 51.6 Å². The zero-order valence-corrected chi connectivity index (χ0v) is 14.2. The number of unbranched alkanes of at least 4 members (excludes halogenated alkanes) is 6. The zero-order valence-electron chi connectivity index (χ0n) is 14.2. The fraction of sp³-hybridized carbons (Fsp3) is 0.938. The molecule has 120 valence electrons. The molecule has 0 aliphatic rings. The average molecular weight is 284 g/mol. The molecule has 0 saturated carbocycles. The van der Waals surface area contributed by atoms with Gasteiger partial charge >= 0.3 is 0 Å². The van der Waals surface area contributed by atoms with Gasteiger partial charge in [0.1, 0.15) is 0 Å². The molecular formula is C16H36N4. The Morgan fingerprint density at radius 3 is 1.95 bits per heavy atom. The molecule has 0 aromatic carbocycles. The molecule has 0 rings (SSSR count). The van der Waals surface area contributed by atoms with Crippen LogP contribution in [0.15, 0.2) is 4.99 Å². The van der Waals surface area contributed by atoms with Gasteiger partial charge in [0.05, 0.1) is 0 Å². The van der Waals surface area contributed by atoms with E-state index >= 15 is 0 Å². The van der Waals surface area contributed by atoms with E-state index in [1.807, 2.05) is 7.05 Å². The SMILES string of the molecule is CCCCCNC(=NC)NCCCCCCCN(C)C. The summed E-state index contributed by atoms with van der Waals surface area (Å²) < 4.78 is 0. The lowest BCUT2D eigenvalue weighted by atomic mass is 10.1. The fourth-order valence-corrected chi connectivity index (χ4v) is 2.09. The summed E-state index contributed by atoms with van der Waals surface area (Å²) in [4.78, 5) is 6.50. The molecule has 4 heteroatoms. The summed E-state index contributed by atoms with van der Waals surface area (Å²) in [6.45, 7) is 5.50. The molecule has 4 nitrogen and oxygen atoms in total. The van der Waals surface area contributed by atoms with Crippen molar-refractivity contribution in [2.45, 2.75) is 58.3 Å². The van der Waals surface area contributed by atoms with Crippen molar-refractivity contribution in [3.63, 3.8) is 0 Å². The third-order valence-electron chi connectivity index (χ3n) is 3.37. The standard InChI is InChI=1S/C16H36N4/c1-5-6-10-13-18-16(17-2)19-14-11-8-7-9-12-15-20(3)4/h5-15H2,1-4H3,(H2,17,18,19). The smallest absolute Gasteiger partial charge is 0.190 e.